The van der Waals surface area contributed by atoms with E-state index in [-0.39, 0.29) is 10.8 Å². The Morgan fingerprint density at radius 3 is 2.20 bits per heavy atom. The Hall–Kier alpha value is -1.83. The molecule has 5 nitrogen and oxygen atoms in total. The second kappa shape index (κ2) is 7.59. The minimum absolute atomic E-state index is 0.153. The van der Waals surface area contributed by atoms with Crippen LogP contribution >= 0.6 is 11.8 Å². The van der Waals surface area contributed by atoms with Crippen LogP contribution in [0.15, 0.2) is 46.2 Å². The summed E-state index contributed by atoms with van der Waals surface area (Å²) in [5.41, 5.74) is 2.39. The molecule has 0 radical (unpaired) electrons. The average Bonchev–Trinajstić information content (AvgIpc) is 2.57. The molecule has 2 rings (SSSR count). The third-order valence-corrected chi connectivity index (χ3v) is 6.67. The predicted molar refractivity (Wildman–Crippen MR) is 103 cm³/mol. The van der Waals surface area contributed by atoms with Crippen LogP contribution in [0.2, 0.25) is 0 Å². The Bertz CT molecular complexity index is 889. The summed E-state index contributed by atoms with van der Waals surface area (Å²) < 4.78 is 26.2. The highest BCUT2D eigenvalue weighted by atomic mass is 32.2. The number of anilines is 1. The zero-order valence-corrected chi connectivity index (χ0v) is 16.6. The van der Waals surface area contributed by atoms with E-state index in [4.69, 9.17) is 0 Å². The van der Waals surface area contributed by atoms with Gasteiger partial charge in [0.05, 0.1) is 4.90 Å². The highest BCUT2D eigenvalue weighted by Gasteiger charge is 2.23. The standard InChI is InChI=1S/C18H22N2O3S2/c1-12-10-14(11-17(13(12)2)25(22,23)20(3)4)18(21)19-15-6-8-16(24-5)9-7-15/h6-11H,1-5H3,(H,19,21). The summed E-state index contributed by atoms with van der Waals surface area (Å²) in [4.78, 5) is 13.8. The fourth-order valence-electron chi connectivity index (χ4n) is 2.30. The first-order chi connectivity index (χ1) is 11.7. The van der Waals surface area contributed by atoms with Gasteiger partial charge in [-0.15, -0.1) is 11.8 Å². The normalized spacial score (nSPS) is 11.6. The molecule has 0 unspecified atom stereocenters. The van der Waals surface area contributed by atoms with Gasteiger partial charge in [-0.05, 0) is 67.6 Å². The maximum Gasteiger partial charge on any atom is 0.255 e. The van der Waals surface area contributed by atoms with Gasteiger partial charge >= 0.3 is 0 Å². The fourth-order valence-corrected chi connectivity index (χ4v) is 3.93. The molecule has 0 spiro atoms. The number of benzene rings is 2. The molecule has 0 aliphatic carbocycles. The Morgan fingerprint density at radius 1 is 1.08 bits per heavy atom. The van der Waals surface area contributed by atoms with Crippen molar-refractivity contribution in [3.05, 3.63) is 53.1 Å². The number of hydrogen-bond acceptors (Lipinski definition) is 4. The summed E-state index contributed by atoms with van der Waals surface area (Å²) in [5, 5.41) is 2.81. The van der Waals surface area contributed by atoms with Crippen LogP contribution < -0.4 is 5.32 Å². The topological polar surface area (TPSA) is 66.5 Å². The zero-order valence-electron chi connectivity index (χ0n) is 15.0. The summed E-state index contributed by atoms with van der Waals surface area (Å²) >= 11 is 1.62. The maximum absolute atomic E-state index is 12.6. The van der Waals surface area contributed by atoms with E-state index < -0.39 is 10.0 Å². The molecular formula is C18H22N2O3S2. The van der Waals surface area contributed by atoms with Crippen molar-refractivity contribution in [2.24, 2.45) is 0 Å². The van der Waals surface area contributed by atoms with Gasteiger partial charge in [0.15, 0.2) is 0 Å². The van der Waals surface area contributed by atoms with Gasteiger partial charge in [-0.25, -0.2) is 12.7 Å². The molecule has 0 saturated carbocycles. The molecular weight excluding hydrogens is 356 g/mol. The largest absolute Gasteiger partial charge is 0.322 e. The van der Waals surface area contributed by atoms with Crippen LogP contribution in [-0.4, -0.2) is 39.0 Å². The van der Waals surface area contributed by atoms with Gasteiger partial charge in [0.2, 0.25) is 10.0 Å². The van der Waals surface area contributed by atoms with E-state index in [0.29, 0.717) is 16.8 Å². The molecule has 134 valence electrons. The molecule has 2 aromatic carbocycles. The summed E-state index contributed by atoms with van der Waals surface area (Å²) in [6, 6.07) is 10.6. The molecule has 2 aromatic rings. The number of amides is 1. The van der Waals surface area contributed by atoms with E-state index in [1.807, 2.05) is 30.5 Å². The second-order valence-corrected chi connectivity index (χ2v) is 8.89. The van der Waals surface area contributed by atoms with Gasteiger partial charge in [-0.1, -0.05) is 0 Å². The minimum atomic E-state index is -3.62. The number of carbonyl (C=O) groups excluding carboxylic acids is 1. The van der Waals surface area contributed by atoms with E-state index in [2.05, 4.69) is 5.32 Å². The van der Waals surface area contributed by atoms with E-state index in [0.717, 1.165) is 14.8 Å². The Morgan fingerprint density at radius 2 is 1.68 bits per heavy atom. The lowest BCUT2D eigenvalue weighted by Crippen LogP contribution is -2.24. The maximum atomic E-state index is 12.6. The molecule has 25 heavy (non-hydrogen) atoms. The van der Waals surface area contributed by atoms with Crippen LogP contribution in [0.4, 0.5) is 5.69 Å². The summed E-state index contributed by atoms with van der Waals surface area (Å²) in [5.74, 6) is -0.338. The van der Waals surface area contributed by atoms with Crippen molar-refractivity contribution < 1.29 is 13.2 Å². The van der Waals surface area contributed by atoms with Crippen LogP contribution in [-0.2, 0) is 10.0 Å². The van der Waals surface area contributed by atoms with Crippen molar-refractivity contribution in [2.75, 3.05) is 25.7 Å². The van der Waals surface area contributed by atoms with Crippen LogP contribution in [0.5, 0.6) is 0 Å². The zero-order chi connectivity index (χ0) is 18.8. The molecule has 0 aliphatic heterocycles. The number of sulfonamides is 1. The highest BCUT2D eigenvalue weighted by molar-refractivity contribution is 7.98. The lowest BCUT2D eigenvalue weighted by molar-refractivity contribution is 0.102. The summed E-state index contributed by atoms with van der Waals surface area (Å²) in [6.07, 6.45) is 1.98. The smallest absolute Gasteiger partial charge is 0.255 e. The quantitative estimate of drug-likeness (QED) is 0.809. The van der Waals surface area contributed by atoms with Crippen molar-refractivity contribution in [1.29, 1.82) is 0 Å². The van der Waals surface area contributed by atoms with Gasteiger partial charge in [0, 0.05) is 30.2 Å². The van der Waals surface area contributed by atoms with Gasteiger partial charge in [-0.2, -0.15) is 0 Å². The molecule has 0 aromatic heterocycles. The number of nitrogens with one attached hydrogen (secondary N) is 1. The monoisotopic (exact) mass is 378 g/mol. The van der Waals surface area contributed by atoms with Crippen LogP contribution in [0.1, 0.15) is 21.5 Å². The van der Waals surface area contributed by atoms with Gasteiger partial charge in [-0.3, -0.25) is 4.79 Å². The number of carbonyl (C=O) groups is 1. The van der Waals surface area contributed by atoms with Gasteiger partial charge in [0.25, 0.3) is 5.91 Å². The van der Waals surface area contributed by atoms with E-state index >= 15 is 0 Å². The number of thioether (sulfide) groups is 1. The number of hydrogen-bond donors (Lipinski definition) is 1. The molecule has 1 N–H and O–H groups in total. The minimum Gasteiger partial charge on any atom is -0.322 e. The summed E-state index contributed by atoms with van der Waals surface area (Å²) in [6.45, 7) is 3.54. The van der Waals surface area contributed by atoms with E-state index in [1.54, 1.807) is 31.7 Å². The summed E-state index contributed by atoms with van der Waals surface area (Å²) in [7, 11) is -0.665. The van der Waals surface area contributed by atoms with Crippen molar-refractivity contribution in [3.8, 4) is 0 Å². The van der Waals surface area contributed by atoms with Gasteiger partial charge < -0.3 is 5.32 Å². The van der Waals surface area contributed by atoms with Gasteiger partial charge in [0.1, 0.15) is 0 Å². The number of aryl methyl sites for hydroxylation is 1. The Kier molecular flexibility index (Phi) is 5.92. The highest BCUT2D eigenvalue weighted by Crippen LogP contribution is 2.24. The Balaban J connectivity index is 2.38. The first-order valence-corrected chi connectivity index (χ1v) is 10.3. The third kappa shape index (κ3) is 4.23. The lowest BCUT2D eigenvalue weighted by Gasteiger charge is -2.16. The van der Waals surface area contributed by atoms with Crippen LogP contribution in [0.3, 0.4) is 0 Å². The van der Waals surface area contributed by atoms with Crippen LogP contribution in [0, 0.1) is 13.8 Å². The van der Waals surface area contributed by atoms with Crippen LogP contribution in [0.25, 0.3) is 0 Å². The average molecular weight is 379 g/mol. The van der Waals surface area contributed by atoms with E-state index in [1.165, 1.54) is 20.2 Å². The van der Waals surface area contributed by atoms with Crippen molar-refractivity contribution >= 4 is 33.4 Å². The number of nitrogens with zero attached hydrogens (tertiary/aromatic N) is 1. The second-order valence-electron chi connectivity index (χ2n) is 5.89. The molecule has 0 heterocycles. The lowest BCUT2D eigenvalue weighted by atomic mass is 10.1. The SMILES string of the molecule is CSc1ccc(NC(=O)c2cc(C)c(C)c(S(=O)(=O)N(C)C)c2)cc1. The molecule has 0 atom stereocenters. The van der Waals surface area contributed by atoms with E-state index in [9.17, 15) is 13.2 Å². The molecule has 7 heteroatoms. The molecule has 0 fully saturated rings. The van der Waals surface area contributed by atoms with Crippen molar-refractivity contribution in [1.82, 2.24) is 4.31 Å². The number of rotatable bonds is 5. The molecule has 1 amide bonds. The van der Waals surface area contributed by atoms with Crippen molar-refractivity contribution in [3.63, 3.8) is 0 Å². The first-order valence-electron chi connectivity index (χ1n) is 7.66. The molecule has 0 aliphatic rings. The predicted octanol–water partition coefficient (Wildman–Crippen LogP) is 3.53. The first kappa shape index (κ1) is 19.5. The van der Waals surface area contributed by atoms with Crippen molar-refractivity contribution in [2.45, 2.75) is 23.6 Å². The fraction of sp³-hybridized carbons (Fsp3) is 0.278. The molecule has 0 saturated heterocycles. The Labute approximate surface area is 153 Å². The third-order valence-electron chi connectivity index (χ3n) is 3.99. The molecule has 0 bridgehead atoms.